The van der Waals surface area contributed by atoms with E-state index in [0.717, 1.165) is 32.4 Å². The van der Waals surface area contributed by atoms with Crippen molar-refractivity contribution in [1.29, 1.82) is 0 Å². The molecule has 0 bridgehead atoms. The Kier molecular flexibility index (Phi) is 4.15. The summed E-state index contributed by atoms with van der Waals surface area (Å²) in [6.07, 6.45) is 3.18. The van der Waals surface area contributed by atoms with Crippen molar-refractivity contribution in [3.05, 3.63) is 0 Å². The molecule has 5 heteroatoms. The molecule has 1 fully saturated rings. The van der Waals surface area contributed by atoms with Gasteiger partial charge in [-0.2, -0.15) is 0 Å². The Morgan fingerprint density at radius 3 is 2.75 bits per heavy atom. The van der Waals surface area contributed by atoms with Gasteiger partial charge in [0, 0.05) is 13.1 Å². The fraction of sp³-hybridized carbons (Fsp3) is 0.818. The third kappa shape index (κ3) is 3.72. The molecule has 3 N–H and O–H groups in total. The molecule has 1 aliphatic rings. The fourth-order valence-electron chi connectivity index (χ4n) is 1.97. The van der Waals surface area contributed by atoms with Crippen LogP contribution in [0.5, 0.6) is 0 Å². The summed E-state index contributed by atoms with van der Waals surface area (Å²) in [5.41, 5.74) is 5.64. The zero-order valence-electron chi connectivity index (χ0n) is 10.1. The predicted molar refractivity (Wildman–Crippen MR) is 62.2 cm³/mol. The highest BCUT2D eigenvalue weighted by molar-refractivity contribution is 5.98. The van der Waals surface area contributed by atoms with Crippen molar-refractivity contribution in [3.63, 3.8) is 0 Å². The first-order valence-corrected chi connectivity index (χ1v) is 5.69. The quantitative estimate of drug-likeness (QED) is 0.321. The third-order valence-corrected chi connectivity index (χ3v) is 3.15. The summed E-state index contributed by atoms with van der Waals surface area (Å²) in [6.45, 7) is 6.00. The van der Waals surface area contributed by atoms with Gasteiger partial charge in [-0.3, -0.25) is 4.79 Å². The molecule has 92 valence electrons. The van der Waals surface area contributed by atoms with Crippen LogP contribution in [0.1, 0.15) is 39.5 Å². The minimum atomic E-state index is -0.0481. The molecule has 0 radical (unpaired) electrons. The highest BCUT2D eigenvalue weighted by atomic mass is 16.4. The van der Waals surface area contributed by atoms with E-state index < -0.39 is 0 Å². The van der Waals surface area contributed by atoms with Crippen LogP contribution in [0, 0.1) is 5.41 Å². The van der Waals surface area contributed by atoms with Crippen LogP contribution in [0.15, 0.2) is 5.16 Å². The zero-order chi connectivity index (χ0) is 12.2. The number of amides is 1. The van der Waals surface area contributed by atoms with Gasteiger partial charge in [-0.25, -0.2) is 0 Å². The summed E-state index contributed by atoms with van der Waals surface area (Å²) >= 11 is 0. The number of rotatable bonds is 2. The van der Waals surface area contributed by atoms with E-state index in [2.05, 4.69) is 19.0 Å². The average molecular weight is 227 g/mol. The highest BCUT2D eigenvalue weighted by Gasteiger charge is 2.25. The molecule has 0 aromatic rings. The summed E-state index contributed by atoms with van der Waals surface area (Å²) in [5, 5.41) is 11.2. The molecule has 0 unspecified atom stereocenters. The van der Waals surface area contributed by atoms with Crippen LogP contribution in [-0.2, 0) is 4.79 Å². The van der Waals surface area contributed by atoms with Crippen LogP contribution in [0.25, 0.3) is 0 Å². The molecule has 0 aromatic heterocycles. The van der Waals surface area contributed by atoms with Gasteiger partial charge >= 0.3 is 0 Å². The maximum absolute atomic E-state index is 11.8. The average Bonchev–Trinajstić information content (AvgIpc) is 2.39. The minimum Gasteiger partial charge on any atom is -0.409 e. The number of likely N-dealkylation sites (tertiary alicyclic amines) is 1. The van der Waals surface area contributed by atoms with Gasteiger partial charge in [0.05, 0.1) is 6.42 Å². The number of hydrogen-bond acceptors (Lipinski definition) is 3. The molecule has 0 spiro atoms. The molecule has 1 heterocycles. The topological polar surface area (TPSA) is 78.9 Å². The van der Waals surface area contributed by atoms with Gasteiger partial charge in [-0.05, 0) is 24.7 Å². The van der Waals surface area contributed by atoms with E-state index in [1.54, 1.807) is 0 Å². The van der Waals surface area contributed by atoms with Crippen molar-refractivity contribution in [1.82, 2.24) is 4.90 Å². The lowest BCUT2D eigenvalue weighted by Gasteiger charge is -2.23. The Labute approximate surface area is 96.3 Å². The van der Waals surface area contributed by atoms with Crippen LogP contribution < -0.4 is 5.73 Å². The van der Waals surface area contributed by atoms with Gasteiger partial charge < -0.3 is 15.8 Å². The first kappa shape index (κ1) is 12.8. The standard InChI is InChI=1S/C11H21N3O2/c1-11(2)4-3-6-14(7-5-11)10(15)8-9(12)13-16/h16H,3-8H2,1-2H3,(H2,12,13). The second-order valence-corrected chi connectivity index (χ2v) is 5.17. The number of hydrogen-bond donors (Lipinski definition) is 2. The molecule has 0 aromatic carbocycles. The first-order valence-electron chi connectivity index (χ1n) is 5.69. The van der Waals surface area contributed by atoms with Gasteiger partial charge in [0.15, 0.2) is 0 Å². The number of carbonyl (C=O) groups excluding carboxylic acids is 1. The summed E-state index contributed by atoms with van der Waals surface area (Å²) in [7, 11) is 0. The van der Waals surface area contributed by atoms with Gasteiger partial charge in [-0.15, -0.1) is 0 Å². The Bertz CT molecular complexity index is 287. The Morgan fingerprint density at radius 1 is 1.44 bits per heavy atom. The van der Waals surface area contributed by atoms with E-state index >= 15 is 0 Å². The van der Waals surface area contributed by atoms with E-state index in [1.165, 1.54) is 0 Å². The van der Waals surface area contributed by atoms with Crippen molar-refractivity contribution in [3.8, 4) is 0 Å². The summed E-state index contributed by atoms with van der Waals surface area (Å²) in [5.74, 6) is -0.0680. The lowest BCUT2D eigenvalue weighted by Crippen LogP contribution is -2.35. The maximum Gasteiger partial charge on any atom is 0.230 e. The van der Waals surface area contributed by atoms with Gasteiger partial charge in [0.2, 0.25) is 5.91 Å². The van der Waals surface area contributed by atoms with Gasteiger partial charge in [0.25, 0.3) is 0 Å². The van der Waals surface area contributed by atoms with Gasteiger partial charge in [0.1, 0.15) is 5.84 Å². The number of carbonyl (C=O) groups is 1. The molecule has 1 rings (SSSR count). The van der Waals surface area contributed by atoms with E-state index in [1.807, 2.05) is 4.90 Å². The summed E-state index contributed by atoms with van der Waals surface area (Å²) in [6, 6.07) is 0. The number of amidine groups is 1. The monoisotopic (exact) mass is 227 g/mol. The van der Waals surface area contributed by atoms with Crippen molar-refractivity contribution < 1.29 is 10.0 Å². The van der Waals surface area contributed by atoms with Crippen LogP contribution in [0.4, 0.5) is 0 Å². The minimum absolute atomic E-state index is 0.0108. The molecule has 1 aliphatic heterocycles. The van der Waals surface area contributed by atoms with Crippen molar-refractivity contribution in [2.45, 2.75) is 39.5 Å². The Morgan fingerprint density at radius 2 is 2.12 bits per heavy atom. The van der Waals surface area contributed by atoms with E-state index in [4.69, 9.17) is 10.9 Å². The second kappa shape index (κ2) is 5.18. The second-order valence-electron chi connectivity index (χ2n) is 5.17. The smallest absolute Gasteiger partial charge is 0.230 e. The van der Waals surface area contributed by atoms with Crippen LogP contribution in [0.2, 0.25) is 0 Å². The number of nitrogens with two attached hydrogens (primary N) is 1. The largest absolute Gasteiger partial charge is 0.409 e. The summed E-state index contributed by atoms with van der Waals surface area (Å²) < 4.78 is 0. The third-order valence-electron chi connectivity index (χ3n) is 3.15. The molecule has 5 nitrogen and oxygen atoms in total. The predicted octanol–water partition coefficient (Wildman–Crippen LogP) is 1.16. The van der Waals surface area contributed by atoms with Crippen molar-refractivity contribution >= 4 is 11.7 Å². The molecule has 0 aliphatic carbocycles. The molecular formula is C11H21N3O2. The molecule has 0 saturated carbocycles. The van der Waals surface area contributed by atoms with Crippen molar-refractivity contribution in [2.75, 3.05) is 13.1 Å². The molecule has 16 heavy (non-hydrogen) atoms. The van der Waals surface area contributed by atoms with E-state index in [9.17, 15) is 4.79 Å². The molecular weight excluding hydrogens is 206 g/mol. The fourth-order valence-corrected chi connectivity index (χ4v) is 1.97. The lowest BCUT2D eigenvalue weighted by atomic mass is 9.85. The molecule has 0 atom stereocenters. The Hall–Kier alpha value is -1.26. The van der Waals surface area contributed by atoms with Crippen LogP contribution >= 0.6 is 0 Å². The van der Waals surface area contributed by atoms with Crippen LogP contribution in [-0.4, -0.2) is 34.9 Å². The van der Waals surface area contributed by atoms with Crippen molar-refractivity contribution in [2.24, 2.45) is 16.3 Å². The lowest BCUT2D eigenvalue weighted by molar-refractivity contribution is -0.129. The van der Waals surface area contributed by atoms with E-state index in [-0.39, 0.29) is 18.2 Å². The maximum atomic E-state index is 11.8. The number of nitrogens with zero attached hydrogens (tertiary/aromatic N) is 2. The molecule has 1 amide bonds. The zero-order valence-corrected chi connectivity index (χ0v) is 10.1. The SMILES string of the molecule is CC1(C)CCCN(C(=O)CC(N)=NO)CC1. The Balaban J connectivity index is 2.51. The summed E-state index contributed by atoms with van der Waals surface area (Å²) in [4.78, 5) is 13.6. The molecule has 1 saturated heterocycles. The van der Waals surface area contributed by atoms with Crippen LogP contribution in [0.3, 0.4) is 0 Å². The van der Waals surface area contributed by atoms with Gasteiger partial charge in [-0.1, -0.05) is 19.0 Å². The van der Waals surface area contributed by atoms with E-state index in [0.29, 0.717) is 5.41 Å². The first-order chi connectivity index (χ1) is 7.44. The normalized spacial score (nSPS) is 21.6. The highest BCUT2D eigenvalue weighted by Crippen LogP contribution is 2.29. The number of oxime groups is 1.